The van der Waals surface area contributed by atoms with Gasteiger partial charge in [0.1, 0.15) is 0 Å². The molecule has 0 aromatic heterocycles. The third-order valence-electron chi connectivity index (χ3n) is 2.95. The molecule has 0 spiro atoms. The Bertz CT molecular complexity index is 216. The van der Waals surface area contributed by atoms with Crippen molar-refractivity contribution in [2.75, 3.05) is 0 Å². The molecule has 0 aromatic rings. The van der Waals surface area contributed by atoms with Crippen molar-refractivity contribution < 1.29 is 31.4 Å². The first-order valence-electron chi connectivity index (χ1n) is 4.33. The molecule has 0 aromatic carbocycles. The van der Waals surface area contributed by atoms with E-state index in [4.69, 9.17) is 0 Å². The molecule has 1 aliphatic carbocycles. The second-order valence-corrected chi connectivity index (χ2v) is 3.99. The highest BCUT2D eigenvalue weighted by atomic mass is 19.4. The van der Waals surface area contributed by atoms with Gasteiger partial charge in [-0.05, 0) is 19.8 Å². The predicted octanol–water partition coefficient (Wildman–Crippen LogP) is 2.89. The van der Waals surface area contributed by atoms with Gasteiger partial charge in [-0.3, -0.25) is 0 Å². The molecule has 15 heavy (non-hydrogen) atoms. The van der Waals surface area contributed by atoms with E-state index in [1.165, 1.54) is 0 Å². The van der Waals surface area contributed by atoms with E-state index in [1.807, 2.05) is 0 Å². The van der Waals surface area contributed by atoms with Gasteiger partial charge in [-0.2, -0.15) is 26.3 Å². The van der Waals surface area contributed by atoms with E-state index < -0.39 is 42.6 Å². The first kappa shape index (κ1) is 12.6. The lowest BCUT2D eigenvalue weighted by atomic mass is 9.85. The maximum Gasteiger partial charge on any atom is 0.394 e. The maximum absolute atomic E-state index is 12.3. The lowest BCUT2D eigenvalue weighted by Crippen LogP contribution is -2.48. The summed E-state index contributed by atoms with van der Waals surface area (Å²) in [6.45, 7) is 0.607. The van der Waals surface area contributed by atoms with Crippen molar-refractivity contribution in [3.8, 4) is 0 Å². The van der Waals surface area contributed by atoms with E-state index >= 15 is 0 Å². The van der Waals surface area contributed by atoms with E-state index in [1.54, 1.807) is 0 Å². The molecule has 0 heterocycles. The molecule has 0 radical (unpaired) electrons. The fourth-order valence-corrected chi connectivity index (χ4v) is 2.15. The topological polar surface area (TPSA) is 20.2 Å². The summed E-state index contributed by atoms with van der Waals surface area (Å²) in [5, 5.41) is 9.35. The normalized spacial score (nSPS) is 38.4. The Kier molecular flexibility index (Phi) is 2.74. The highest BCUT2D eigenvalue weighted by molar-refractivity contribution is 5.01. The molecule has 0 amide bonds. The van der Waals surface area contributed by atoms with Gasteiger partial charge in [-0.15, -0.1) is 0 Å². The second-order valence-electron chi connectivity index (χ2n) is 3.99. The van der Waals surface area contributed by atoms with Gasteiger partial charge < -0.3 is 5.11 Å². The van der Waals surface area contributed by atoms with Crippen molar-refractivity contribution in [2.24, 2.45) is 11.8 Å². The lowest BCUT2D eigenvalue weighted by Gasteiger charge is -2.33. The van der Waals surface area contributed by atoms with Crippen LogP contribution in [0, 0.1) is 11.8 Å². The Morgan fingerprint density at radius 3 is 1.33 bits per heavy atom. The van der Waals surface area contributed by atoms with E-state index in [-0.39, 0.29) is 0 Å². The summed E-state index contributed by atoms with van der Waals surface area (Å²) in [7, 11) is 0. The van der Waals surface area contributed by atoms with Gasteiger partial charge >= 0.3 is 12.4 Å². The van der Waals surface area contributed by atoms with Gasteiger partial charge in [0, 0.05) is 0 Å². The summed E-state index contributed by atoms with van der Waals surface area (Å²) in [4.78, 5) is 0. The van der Waals surface area contributed by atoms with Gasteiger partial charge in [-0.1, -0.05) is 0 Å². The minimum atomic E-state index is -4.79. The molecule has 1 nitrogen and oxygen atoms in total. The average Bonchev–Trinajstić information content (AvgIpc) is 2.21. The van der Waals surface area contributed by atoms with Crippen LogP contribution in [0.15, 0.2) is 0 Å². The fraction of sp³-hybridized carbons (Fsp3) is 1.00. The lowest BCUT2D eigenvalue weighted by molar-refractivity contribution is -0.257. The van der Waals surface area contributed by atoms with E-state index in [9.17, 15) is 31.4 Å². The zero-order chi connectivity index (χ0) is 12.1. The predicted molar refractivity (Wildman–Crippen MR) is 38.9 cm³/mol. The smallest absolute Gasteiger partial charge is 0.389 e. The monoisotopic (exact) mass is 236 g/mol. The minimum Gasteiger partial charge on any atom is -0.389 e. The van der Waals surface area contributed by atoms with Crippen molar-refractivity contribution in [3.05, 3.63) is 0 Å². The van der Waals surface area contributed by atoms with Gasteiger partial charge in [-0.25, -0.2) is 0 Å². The summed E-state index contributed by atoms with van der Waals surface area (Å²) in [5.74, 6) is -4.59. The Morgan fingerprint density at radius 2 is 1.20 bits per heavy atom. The van der Waals surface area contributed by atoms with Gasteiger partial charge in [0.2, 0.25) is 0 Å². The third-order valence-corrected chi connectivity index (χ3v) is 2.95. The number of hydrogen-bond acceptors (Lipinski definition) is 1. The number of aliphatic hydroxyl groups is 1. The van der Waals surface area contributed by atoms with Crippen molar-refractivity contribution >= 4 is 0 Å². The van der Waals surface area contributed by atoms with Crippen LogP contribution >= 0.6 is 0 Å². The molecule has 1 fully saturated rings. The molecule has 1 N–H and O–H groups in total. The zero-order valence-electron chi connectivity index (χ0n) is 7.78. The van der Waals surface area contributed by atoms with E-state index in [2.05, 4.69) is 0 Å². The van der Waals surface area contributed by atoms with Crippen LogP contribution in [0.25, 0.3) is 0 Å². The summed E-state index contributed by atoms with van der Waals surface area (Å²) in [6.07, 6.45) is -10.9. The van der Waals surface area contributed by atoms with Crippen LogP contribution in [0.1, 0.15) is 19.8 Å². The Morgan fingerprint density at radius 1 is 0.933 bits per heavy atom. The molecular weight excluding hydrogens is 226 g/mol. The number of hydrogen-bond donors (Lipinski definition) is 1. The molecular formula is C8H10F6O. The molecule has 2 atom stereocenters. The Balaban J connectivity index is 2.95. The molecule has 0 saturated heterocycles. The highest BCUT2D eigenvalue weighted by Crippen LogP contribution is 2.53. The molecule has 1 saturated carbocycles. The van der Waals surface area contributed by atoms with E-state index in [0.29, 0.717) is 6.92 Å². The Hall–Kier alpha value is -0.460. The van der Waals surface area contributed by atoms with Crippen LogP contribution in [0.3, 0.4) is 0 Å². The average molecular weight is 236 g/mol. The van der Waals surface area contributed by atoms with Crippen molar-refractivity contribution in [2.45, 2.75) is 37.7 Å². The SMILES string of the molecule is CC1(O)C(C(F)(F)F)CCC1C(F)(F)F. The summed E-state index contributed by atoms with van der Waals surface area (Å²) in [6, 6.07) is 0. The van der Waals surface area contributed by atoms with Crippen LogP contribution < -0.4 is 0 Å². The van der Waals surface area contributed by atoms with Gasteiger partial charge in [0.25, 0.3) is 0 Å². The molecule has 7 heteroatoms. The molecule has 0 bridgehead atoms. The summed E-state index contributed by atoms with van der Waals surface area (Å²) in [5.41, 5.74) is -2.75. The van der Waals surface area contributed by atoms with Crippen molar-refractivity contribution in [1.29, 1.82) is 0 Å². The standard InChI is InChI=1S/C8H10F6O/c1-6(15)4(7(9,10)11)2-3-5(6)8(12,13)14/h4-5,15H,2-3H2,1H3. The van der Waals surface area contributed by atoms with Crippen LogP contribution in [0.2, 0.25) is 0 Å². The largest absolute Gasteiger partial charge is 0.394 e. The van der Waals surface area contributed by atoms with E-state index in [0.717, 1.165) is 0 Å². The first-order valence-corrected chi connectivity index (χ1v) is 4.33. The number of rotatable bonds is 0. The fourth-order valence-electron chi connectivity index (χ4n) is 2.15. The van der Waals surface area contributed by atoms with Crippen LogP contribution in [0.5, 0.6) is 0 Å². The highest BCUT2D eigenvalue weighted by Gasteiger charge is 2.64. The van der Waals surface area contributed by atoms with Crippen LogP contribution in [0.4, 0.5) is 26.3 Å². The van der Waals surface area contributed by atoms with Crippen LogP contribution in [-0.2, 0) is 0 Å². The minimum absolute atomic E-state index is 0.607. The molecule has 2 unspecified atom stereocenters. The van der Waals surface area contributed by atoms with Gasteiger partial charge in [0.15, 0.2) is 0 Å². The Labute approximate surface area is 82.1 Å². The molecule has 1 rings (SSSR count). The molecule has 0 aliphatic heterocycles. The third kappa shape index (κ3) is 2.21. The summed E-state index contributed by atoms with van der Waals surface area (Å²) >= 11 is 0. The second kappa shape index (κ2) is 3.26. The quantitative estimate of drug-likeness (QED) is 0.641. The maximum atomic E-state index is 12.3. The zero-order valence-corrected chi connectivity index (χ0v) is 7.78. The first-order chi connectivity index (χ1) is 6.47. The number of halogens is 6. The van der Waals surface area contributed by atoms with Gasteiger partial charge in [0.05, 0.1) is 17.4 Å². The van der Waals surface area contributed by atoms with Crippen molar-refractivity contribution in [1.82, 2.24) is 0 Å². The van der Waals surface area contributed by atoms with Crippen LogP contribution in [-0.4, -0.2) is 23.1 Å². The summed E-state index contributed by atoms with van der Waals surface area (Å²) < 4.78 is 73.7. The molecule has 1 aliphatic rings. The van der Waals surface area contributed by atoms with Crippen molar-refractivity contribution in [3.63, 3.8) is 0 Å². The molecule has 90 valence electrons. The number of alkyl halides is 6.